The maximum Gasteiger partial charge on any atom is 0.0907 e. The van der Waals surface area contributed by atoms with E-state index in [1.165, 1.54) is 10.4 Å². The number of hydrogen-bond acceptors (Lipinski definition) is 4. The topological polar surface area (TPSA) is 34.2 Å². The van der Waals surface area contributed by atoms with Gasteiger partial charge in [0.25, 0.3) is 0 Å². The molecule has 96 valence electrons. The van der Waals surface area contributed by atoms with Crippen LogP contribution in [-0.4, -0.2) is 24.2 Å². The summed E-state index contributed by atoms with van der Waals surface area (Å²) >= 11 is 1.75. The third-order valence-electron chi connectivity index (χ3n) is 3.49. The second-order valence-corrected chi connectivity index (χ2v) is 6.24. The fourth-order valence-corrected chi connectivity index (χ4v) is 3.30. The molecule has 1 aromatic heterocycles. The molecule has 0 bridgehead atoms. The molecule has 1 N–H and O–H groups in total. The molecule has 2 heterocycles. The van der Waals surface area contributed by atoms with Crippen LogP contribution in [0.4, 0.5) is 5.69 Å². The second-order valence-electron chi connectivity index (χ2n) is 5.01. The van der Waals surface area contributed by atoms with Crippen molar-refractivity contribution in [2.45, 2.75) is 26.3 Å². The quantitative estimate of drug-likeness (QED) is 0.900. The molecule has 18 heavy (non-hydrogen) atoms. The Morgan fingerprint density at radius 1 is 1.44 bits per heavy atom. The molecule has 1 aliphatic rings. The summed E-state index contributed by atoms with van der Waals surface area (Å²) in [5.41, 5.74) is 2.30. The van der Waals surface area contributed by atoms with Gasteiger partial charge in [0.15, 0.2) is 0 Å². The third-order valence-corrected chi connectivity index (χ3v) is 4.42. The molecule has 0 spiro atoms. The molecule has 4 heteroatoms. The standard InChI is InChI=1S/C14H18N2OS/c1-9-8-17-6-5-12(9)16-11-3-4-13-14(7-11)18-10(2)15-13/h3-4,7,9,12,16H,5-6,8H2,1-2H3. The van der Waals surface area contributed by atoms with Crippen molar-refractivity contribution in [3.8, 4) is 0 Å². The minimum absolute atomic E-state index is 0.519. The minimum atomic E-state index is 0.519. The summed E-state index contributed by atoms with van der Waals surface area (Å²) in [7, 11) is 0. The number of aryl methyl sites for hydroxylation is 1. The summed E-state index contributed by atoms with van der Waals surface area (Å²) in [4.78, 5) is 4.49. The number of thiazole rings is 1. The highest BCUT2D eigenvalue weighted by molar-refractivity contribution is 7.18. The monoisotopic (exact) mass is 262 g/mol. The van der Waals surface area contributed by atoms with Gasteiger partial charge in [-0.1, -0.05) is 6.92 Å². The van der Waals surface area contributed by atoms with Crippen molar-refractivity contribution in [3.05, 3.63) is 23.2 Å². The van der Waals surface area contributed by atoms with Crippen molar-refractivity contribution in [2.24, 2.45) is 5.92 Å². The smallest absolute Gasteiger partial charge is 0.0907 e. The number of hydrogen-bond donors (Lipinski definition) is 1. The molecular formula is C14H18N2OS. The van der Waals surface area contributed by atoms with E-state index in [1.807, 2.05) is 0 Å². The Balaban J connectivity index is 1.81. The number of aromatic nitrogens is 1. The van der Waals surface area contributed by atoms with Crippen LogP contribution in [0.15, 0.2) is 18.2 Å². The minimum Gasteiger partial charge on any atom is -0.382 e. The van der Waals surface area contributed by atoms with Crippen molar-refractivity contribution in [3.63, 3.8) is 0 Å². The van der Waals surface area contributed by atoms with E-state index in [-0.39, 0.29) is 0 Å². The summed E-state index contributed by atoms with van der Waals surface area (Å²) in [6.45, 7) is 6.02. The van der Waals surface area contributed by atoms with Crippen LogP contribution in [0, 0.1) is 12.8 Å². The Hall–Kier alpha value is -1.13. The van der Waals surface area contributed by atoms with Gasteiger partial charge in [-0.25, -0.2) is 4.98 Å². The van der Waals surface area contributed by atoms with Gasteiger partial charge in [0.2, 0.25) is 0 Å². The lowest BCUT2D eigenvalue weighted by molar-refractivity contribution is 0.0538. The van der Waals surface area contributed by atoms with Gasteiger partial charge in [0.05, 0.1) is 21.8 Å². The highest BCUT2D eigenvalue weighted by Gasteiger charge is 2.21. The van der Waals surface area contributed by atoms with E-state index >= 15 is 0 Å². The normalized spacial score (nSPS) is 24.3. The van der Waals surface area contributed by atoms with Gasteiger partial charge >= 0.3 is 0 Å². The van der Waals surface area contributed by atoms with E-state index < -0.39 is 0 Å². The summed E-state index contributed by atoms with van der Waals surface area (Å²) in [5.74, 6) is 0.567. The number of nitrogens with one attached hydrogen (secondary N) is 1. The molecule has 0 amide bonds. The van der Waals surface area contributed by atoms with Gasteiger partial charge in [0.1, 0.15) is 0 Å². The first-order chi connectivity index (χ1) is 8.72. The average molecular weight is 262 g/mol. The van der Waals surface area contributed by atoms with Crippen LogP contribution in [0.1, 0.15) is 18.4 Å². The SMILES string of the molecule is Cc1nc2ccc(NC3CCOCC3C)cc2s1. The second kappa shape index (κ2) is 4.86. The number of ether oxygens (including phenoxy) is 1. The lowest BCUT2D eigenvalue weighted by atomic mass is 9.97. The molecule has 3 nitrogen and oxygen atoms in total. The number of nitrogens with zero attached hydrogens (tertiary/aromatic N) is 1. The molecular weight excluding hydrogens is 244 g/mol. The van der Waals surface area contributed by atoms with Crippen LogP contribution >= 0.6 is 11.3 Å². The van der Waals surface area contributed by atoms with Gasteiger partial charge in [-0.3, -0.25) is 0 Å². The van der Waals surface area contributed by atoms with E-state index in [0.717, 1.165) is 30.2 Å². The van der Waals surface area contributed by atoms with Gasteiger partial charge in [-0.15, -0.1) is 11.3 Å². The predicted octanol–water partition coefficient (Wildman–Crippen LogP) is 3.44. The summed E-state index contributed by atoms with van der Waals surface area (Å²) in [6, 6.07) is 6.96. The first-order valence-electron chi connectivity index (χ1n) is 6.44. The molecule has 1 fully saturated rings. The molecule has 0 saturated carbocycles. The Morgan fingerprint density at radius 3 is 3.17 bits per heavy atom. The largest absolute Gasteiger partial charge is 0.382 e. The van der Waals surface area contributed by atoms with Crippen molar-refractivity contribution < 1.29 is 4.74 Å². The summed E-state index contributed by atoms with van der Waals surface area (Å²) in [5, 5.41) is 4.76. The molecule has 1 aromatic carbocycles. The number of anilines is 1. The number of fused-ring (bicyclic) bond motifs is 1. The summed E-state index contributed by atoms with van der Waals surface area (Å²) in [6.07, 6.45) is 1.08. The fraction of sp³-hybridized carbons (Fsp3) is 0.500. The van der Waals surface area contributed by atoms with Crippen molar-refractivity contribution in [1.82, 2.24) is 4.98 Å². The molecule has 2 atom stereocenters. The zero-order chi connectivity index (χ0) is 12.5. The van der Waals surface area contributed by atoms with E-state index in [9.17, 15) is 0 Å². The van der Waals surface area contributed by atoms with Crippen LogP contribution in [0.3, 0.4) is 0 Å². The third kappa shape index (κ3) is 2.35. The highest BCUT2D eigenvalue weighted by atomic mass is 32.1. The van der Waals surface area contributed by atoms with Crippen molar-refractivity contribution in [2.75, 3.05) is 18.5 Å². The van der Waals surface area contributed by atoms with Crippen molar-refractivity contribution >= 4 is 27.2 Å². The van der Waals surface area contributed by atoms with Crippen LogP contribution in [0.2, 0.25) is 0 Å². The number of rotatable bonds is 2. The average Bonchev–Trinajstić information content (AvgIpc) is 2.71. The molecule has 0 aliphatic carbocycles. The maximum atomic E-state index is 5.48. The molecule has 2 aromatic rings. The molecule has 2 unspecified atom stereocenters. The van der Waals surface area contributed by atoms with Crippen LogP contribution in [-0.2, 0) is 4.74 Å². The Kier molecular flexibility index (Phi) is 3.22. The first kappa shape index (κ1) is 11.9. The van der Waals surface area contributed by atoms with Gasteiger partial charge in [-0.2, -0.15) is 0 Å². The zero-order valence-corrected chi connectivity index (χ0v) is 11.6. The lowest BCUT2D eigenvalue weighted by Crippen LogP contribution is -2.35. The molecule has 0 radical (unpaired) electrons. The number of benzene rings is 1. The fourth-order valence-electron chi connectivity index (χ4n) is 2.44. The Labute approximate surface area is 111 Å². The van der Waals surface area contributed by atoms with Crippen molar-refractivity contribution in [1.29, 1.82) is 0 Å². The van der Waals surface area contributed by atoms with Gasteiger partial charge in [-0.05, 0) is 37.5 Å². The Morgan fingerprint density at radius 2 is 2.33 bits per heavy atom. The van der Waals surface area contributed by atoms with Gasteiger partial charge in [0, 0.05) is 18.3 Å². The Bertz CT molecular complexity index is 552. The maximum absolute atomic E-state index is 5.48. The van der Waals surface area contributed by atoms with Crippen LogP contribution in [0.25, 0.3) is 10.2 Å². The van der Waals surface area contributed by atoms with E-state index in [4.69, 9.17) is 4.74 Å². The molecule has 3 rings (SSSR count). The van der Waals surface area contributed by atoms with Gasteiger partial charge < -0.3 is 10.1 Å². The predicted molar refractivity (Wildman–Crippen MR) is 76.4 cm³/mol. The highest BCUT2D eigenvalue weighted by Crippen LogP contribution is 2.26. The van der Waals surface area contributed by atoms with Crippen LogP contribution in [0.5, 0.6) is 0 Å². The summed E-state index contributed by atoms with van der Waals surface area (Å²) < 4.78 is 6.74. The first-order valence-corrected chi connectivity index (χ1v) is 7.25. The van der Waals surface area contributed by atoms with Crippen LogP contribution < -0.4 is 5.32 Å². The van der Waals surface area contributed by atoms with E-state index in [1.54, 1.807) is 11.3 Å². The molecule has 1 aliphatic heterocycles. The lowest BCUT2D eigenvalue weighted by Gasteiger charge is -2.30. The molecule has 1 saturated heterocycles. The zero-order valence-electron chi connectivity index (χ0n) is 10.8. The van der Waals surface area contributed by atoms with E-state index in [2.05, 4.69) is 42.3 Å². The van der Waals surface area contributed by atoms with E-state index in [0.29, 0.717) is 12.0 Å².